The van der Waals surface area contributed by atoms with E-state index in [0.29, 0.717) is 5.69 Å². The summed E-state index contributed by atoms with van der Waals surface area (Å²) < 4.78 is 0. The van der Waals surface area contributed by atoms with Crippen LogP contribution in [0, 0.1) is 6.92 Å². The second kappa shape index (κ2) is 9.14. The average molecular weight is 391 g/mol. The number of fused-ring (bicyclic) bond motifs is 1. The highest BCUT2D eigenvalue weighted by atomic mass is 16.1. The first-order valence-corrected chi connectivity index (χ1v) is 10.6. The molecular formula is C24H30N4O. The minimum atomic E-state index is -0.0204. The predicted molar refractivity (Wildman–Crippen MR) is 120 cm³/mol. The second-order valence-corrected chi connectivity index (χ2v) is 7.90. The topological polar surface area (TPSA) is 51.4 Å². The van der Waals surface area contributed by atoms with Gasteiger partial charge in [-0.15, -0.1) is 0 Å². The second-order valence-electron chi connectivity index (χ2n) is 7.90. The zero-order valence-corrected chi connectivity index (χ0v) is 17.2. The number of benzene rings is 2. The van der Waals surface area contributed by atoms with Crippen molar-refractivity contribution in [3.63, 3.8) is 0 Å². The Kier molecular flexibility index (Phi) is 6.15. The third kappa shape index (κ3) is 4.98. The Morgan fingerprint density at radius 3 is 2.62 bits per heavy atom. The number of H-pyrrole nitrogens is 1. The van der Waals surface area contributed by atoms with Gasteiger partial charge in [-0.25, -0.2) is 0 Å². The number of para-hydroxylation sites is 1. The summed E-state index contributed by atoms with van der Waals surface area (Å²) in [6.07, 6.45) is 2.11. The normalized spacial score (nSPS) is 15.0. The van der Waals surface area contributed by atoms with Gasteiger partial charge >= 0.3 is 0 Å². The number of carbonyl (C=O) groups is 1. The summed E-state index contributed by atoms with van der Waals surface area (Å²) in [5, 5.41) is 4.11. The van der Waals surface area contributed by atoms with Crippen LogP contribution in [0.15, 0.2) is 54.6 Å². The number of nitrogens with one attached hydrogen (secondary N) is 2. The Balaban J connectivity index is 1.14. The maximum absolute atomic E-state index is 12.3. The molecule has 1 amide bonds. The van der Waals surface area contributed by atoms with Gasteiger partial charge in [0.15, 0.2) is 0 Å². The fourth-order valence-electron chi connectivity index (χ4n) is 4.01. The molecule has 152 valence electrons. The van der Waals surface area contributed by atoms with Crippen LogP contribution in [0.1, 0.15) is 28.9 Å². The Labute approximate surface area is 172 Å². The summed E-state index contributed by atoms with van der Waals surface area (Å²) in [4.78, 5) is 20.5. The minimum absolute atomic E-state index is 0.0204. The van der Waals surface area contributed by atoms with Gasteiger partial charge in [0.25, 0.3) is 5.91 Å². The molecule has 2 aromatic carbocycles. The zero-order valence-electron chi connectivity index (χ0n) is 17.2. The molecule has 2 heterocycles. The predicted octanol–water partition coefficient (Wildman–Crippen LogP) is 3.81. The van der Waals surface area contributed by atoms with Crippen molar-refractivity contribution in [2.24, 2.45) is 0 Å². The average Bonchev–Trinajstić information content (AvgIpc) is 3.18. The van der Waals surface area contributed by atoms with E-state index in [9.17, 15) is 4.79 Å². The van der Waals surface area contributed by atoms with Gasteiger partial charge in [0.1, 0.15) is 5.69 Å². The first-order chi connectivity index (χ1) is 14.2. The third-order valence-corrected chi connectivity index (χ3v) is 5.70. The molecule has 0 bridgehead atoms. The maximum atomic E-state index is 12.3. The van der Waals surface area contributed by atoms with E-state index in [1.807, 2.05) is 30.3 Å². The van der Waals surface area contributed by atoms with Crippen molar-refractivity contribution in [2.75, 3.05) is 44.2 Å². The number of aryl methyl sites for hydroxylation is 1. The van der Waals surface area contributed by atoms with Crippen molar-refractivity contribution in [3.8, 4) is 0 Å². The Bertz CT molecular complexity index is 923. The van der Waals surface area contributed by atoms with Gasteiger partial charge in [-0.2, -0.15) is 0 Å². The molecular weight excluding hydrogens is 360 g/mol. The van der Waals surface area contributed by atoms with Crippen LogP contribution in [0.5, 0.6) is 0 Å². The van der Waals surface area contributed by atoms with E-state index in [1.165, 1.54) is 11.3 Å². The van der Waals surface area contributed by atoms with Crippen molar-refractivity contribution in [3.05, 3.63) is 65.9 Å². The van der Waals surface area contributed by atoms with Crippen molar-refractivity contribution in [2.45, 2.75) is 19.8 Å². The molecule has 0 radical (unpaired) electrons. The fraction of sp³-hybridized carbons (Fsp3) is 0.375. The van der Waals surface area contributed by atoms with Crippen molar-refractivity contribution < 1.29 is 4.79 Å². The van der Waals surface area contributed by atoms with Crippen LogP contribution in [0.2, 0.25) is 0 Å². The van der Waals surface area contributed by atoms with E-state index in [4.69, 9.17) is 0 Å². The van der Waals surface area contributed by atoms with Crippen LogP contribution in [0.25, 0.3) is 10.9 Å². The van der Waals surface area contributed by atoms with Crippen LogP contribution >= 0.6 is 0 Å². The molecule has 0 saturated carbocycles. The monoisotopic (exact) mass is 390 g/mol. The molecule has 0 atom stereocenters. The number of unbranched alkanes of at least 4 members (excludes halogenated alkanes) is 1. The molecule has 1 saturated heterocycles. The van der Waals surface area contributed by atoms with Crippen LogP contribution in [0.3, 0.4) is 0 Å². The van der Waals surface area contributed by atoms with Gasteiger partial charge in [0.2, 0.25) is 0 Å². The number of hydrogen-bond donors (Lipinski definition) is 2. The summed E-state index contributed by atoms with van der Waals surface area (Å²) in [6, 6.07) is 18.6. The van der Waals surface area contributed by atoms with E-state index in [1.54, 1.807) is 0 Å². The van der Waals surface area contributed by atoms with Gasteiger partial charge in [-0.3, -0.25) is 9.69 Å². The number of aromatic nitrogens is 1. The molecule has 1 fully saturated rings. The number of anilines is 1. The van der Waals surface area contributed by atoms with E-state index >= 15 is 0 Å². The van der Waals surface area contributed by atoms with E-state index < -0.39 is 0 Å². The zero-order chi connectivity index (χ0) is 20.1. The van der Waals surface area contributed by atoms with E-state index in [-0.39, 0.29) is 5.91 Å². The highest BCUT2D eigenvalue weighted by molar-refractivity contribution is 5.97. The Morgan fingerprint density at radius 2 is 1.83 bits per heavy atom. The number of nitrogens with zero attached hydrogens (tertiary/aromatic N) is 2. The highest BCUT2D eigenvalue weighted by Gasteiger charge is 2.16. The van der Waals surface area contributed by atoms with Crippen LogP contribution in [0.4, 0.5) is 5.69 Å². The molecule has 2 N–H and O–H groups in total. The van der Waals surface area contributed by atoms with Crippen molar-refractivity contribution >= 4 is 22.5 Å². The van der Waals surface area contributed by atoms with Gasteiger partial charge in [-0.1, -0.05) is 30.3 Å². The van der Waals surface area contributed by atoms with Gasteiger partial charge in [0.05, 0.1) is 0 Å². The first-order valence-electron chi connectivity index (χ1n) is 10.6. The number of amides is 1. The SMILES string of the molecule is Cc1cccc(N2CCN(CCCCNC(=O)c3cc4ccccc4[nH]3)CC2)c1. The lowest BCUT2D eigenvalue weighted by molar-refractivity contribution is 0.0948. The minimum Gasteiger partial charge on any atom is -0.369 e. The molecule has 1 aromatic heterocycles. The molecule has 0 unspecified atom stereocenters. The first kappa shape index (κ1) is 19.5. The number of rotatable bonds is 7. The molecule has 1 aliphatic heterocycles. The Morgan fingerprint density at radius 1 is 1.00 bits per heavy atom. The van der Waals surface area contributed by atoms with E-state index in [0.717, 1.165) is 63.0 Å². The van der Waals surface area contributed by atoms with Gasteiger partial charge in [-0.05, 0) is 56.1 Å². The van der Waals surface area contributed by atoms with Gasteiger partial charge < -0.3 is 15.2 Å². The number of carbonyl (C=O) groups excluding carboxylic acids is 1. The molecule has 5 nitrogen and oxygen atoms in total. The lowest BCUT2D eigenvalue weighted by Crippen LogP contribution is -2.46. The molecule has 4 rings (SSSR count). The lowest BCUT2D eigenvalue weighted by atomic mass is 10.2. The summed E-state index contributed by atoms with van der Waals surface area (Å²) in [6.45, 7) is 8.35. The van der Waals surface area contributed by atoms with Crippen LogP contribution in [-0.2, 0) is 0 Å². The number of piperazine rings is 1. The van der Waals surface area contributed by atoms with Gasteiger partial charge in [0, 0.05) is 49.3 Å². The smallest absolute Gasteiger partial charge is 0.267 e. The lowest BCUT2D eigenvalue weighted by Gasteiger charge is -2.36. The Hall–Kier alpha value is -2.79. The van der Waals surface area contributed by atoms with Crippen LogP contribution < -0.4 is 10.2 Å². The molecule has 1 aliphatic rings. The van der Waals surface area contributed by atoms with Crippen molar-refractivity contribution in [1.29, 1.82) is 0 Å². The molecule has 3 aromatic rings. The molecule has 0 spiro atoms. The molecule has 0 aliphatic carbocycles. The summed E-state index contributed by atoms with van der Waals surface area (Å²) in [7, 11) is 0. The summed E-state index contributed by atoms with van der Waals surface area (Å²) >= 11 is 0. The third-order valence-electron chi connectivity index (χ3n) is 5.70. The van der Waals surface area contributed by atoms with Crippen molar-refractivity contribution in [1.82, 2.24) is 15.2 Å². The maximum Gasteiger partial charge on any atom is 0.267 e. The van der Waals surface area contributed by atoms with Crippen LogP contribution in [-0.4, -0.2) is 55.1 Å². The highest BCUT2D eigenvalue weighted by Crippen LogP contribution is 2.18. The largest absolute Gasteiger partial charge is 0.369 e. The number of hydrogen-bond acceptors (Lipinski definition) is 3. The molecule has 29 heavy (non-hydrogen) atoms. The number of aromatic amines is 1. The van der Waals surface area contributed by atoms with E-state index in [2.05, 4.69) is 51.3 Å². The summed E-state index contributed by atoms with van der Waals surface area (Å²) in [5.41, 5.74) is 4.30. The fourth-order valence-corrected chi connectivity index (χ4v) is 4.01. The standard InChI is InChI=1S/C24H30N4O/c1-19-7-6-9-21(17-19)28-15-13-27(14-16-28)12-5-4-11-25-24(29)23-18-20-8-2-3-10-22(20)26-23/h2-3,6-10,17-18,26H,4-5,11-16H2,1H3,(H,25,29). The molecule has 5 heteroatoms. The summed E-state index contributed by atoms with van der Waals surface area (Å²) in [5.74, 6) is -0.0204. The quantitative estimate of drug-likeness (QED) is 0.603.